The van der Waals surface area contributed by atoms with Crippen molar-refractivity contribution in [3.8, 4) is 18.7 Å². The van der Waals surface area contributed by atoms with Gasteiger partial charge in [0, 0.05) is 0 Å². The van der Waals surface area contributed by atoms with Gasteiger partial charge in [-0.2, -0.15) is 13.8 Å². The molecule has 0 aliphatic carbocycles. The van der Waals surface area contributed by atoms with Crippen molar-refractivity contribution in [2.75, 3.05) is 6.61 Å². The monoisotopic (exact) mass is 186 g/mol. The predicted octanol–water partition coefficient (Wildman–Crippen LogP) is 1.40. The molecule has 0 radical (unpaired) electrons. The Labute approximate surface area is 74.8 Å². The van der Waals surface area contributed by atoms with E-state index < -0.39 is 11.8 Å². The van der Waals surface area contributed by atoms with Crippen LogP contribution in [0.3, 0.4) is 0 Å². The van der Waals surface area contributed by atoms with Gasteiger partial charge in [-0.15, -0.1) is 12.8 Å². The first kappa shape index (κ1) is 11.3. The summed E-state index contributed by atoms with van der Waals surface area (Å²) in [5.41, 5.74) is 0. The molecule has 0 atom stereocenters. The van der Waals surface area contributed by atoms with Crippen LogP contribution in [0.4, 0.5) is 8.78 Å². The summed E-state index contributed by atoms with van der Waals surface area (Å²) in [6.07, 6.45) is 8.91. The van der Waals surface area contributed by atoms with Crippen molar-refractivity contribution in [2.45, 2.75) is 6.92 Å². The third-order valence-electron chi connectivity index (χ3n) is 0.996. The number of nitrogens with zero attached hydrogens (tertiary/aromatic N) is 2. The zero-order chi connectivity index (χ0) is 10.3. The first-order valence-corrected chi connectivity index (χ1v) is 3.37. The molecule has 13 heavy (non-hydrogen) atoms. The lowest BCUT2D eigenvalue weighted by Crippen LogP contribution is -2.00. The van der Waals surface area contributed by atoms with E-state index in [1.165, 1.54) is 0 Å². The van der Waals surface area contributed by atoms with Gasteiger partial charge in [0.1, 0.15) is 6.33 Å². The summed E-state index contributed by atoms with van der Waals surface area (Å²) in [6.45, 7) is 1.90. The molecule has 0 fully saturated rings. The fourth-order valence-corrected chi connectivity index (χ4v) is 0.571. The maximum Gasteiger partial charge on any atom is 0.256 e. The highest BCUT2D eigenvalue weighted by atomic mass is 19.2. The van der Waals surface area contributed by atoms with E-state index in [0.29, 0.717) is 0 Å². The molecule has 0 saturated carbocycles. The fraction of sp³-hybridized carbons (Fsp3) is 0.250. The van der Waals surface area contributed by atoms with Gasteiger partial charge in [-0.05, 0) is 6.92 Å². The van der Waals surface area contributed by atoms with Crippen molar-refractivity contribution in [2.24, 2.45) is 0 Å². The van der Waals surface area contributed by atoms with E-state index in [1.807, 2.05) is 0 Å². The van der Waals surface area contributed by atoms with Crippen LogP contribution in [0.15, 0.2) is 6.33 Å². The number of ether oxygens (including phenoxy) is 1. The molecule has 0 aromatic carbocycles. The average Bonchev–Trinajstić information content (AvgIpc) is 2.17. The SMILES string of the molecule is C#C.CCOc1ncnc(F)c1F. The standard InChI is InChI=1S/C6H6F2N2O.C2H2/c1-2-11-6-4(7)5(8)9-3-10-6;1-2/h3H,2H2,1H3;1-2H. The Bertz CT molecular complexity index is 289. The number of terminal acetylenes is 1. The number of hydrogen-bond acceptors (Lipinski definition) is 3. The highest BCUT2D eigenvalue weighted by Crippen LogP contribution is 2.12. The third kappa shape index (κ3) is 3.03. The van der Waals surface area contributed by atoms with Crippen LogP contribution >= 0.6 is 0 Å². The minimum atomic E-state index is -1.19. The summed E-state index contributed by atoms with van der Waals surface area (Å²) in [4.78, 5) is 6.37. The summed E-state index contributed by atoms with van der Waals surface area (Å²) in [7, 11) is 0. The largest absolute Gasteiger partial charge is 0.476 e. The van der Waals surface area contributed by atoms with E-state index >= 15 is 0 Å². The smallest absolute Gasteiger partial charge is 0.256 e. The van der Waals surface area contributed by atoms with Gasteiger partial charge in [0.25, 0.3) is 11.8 Å². The summed E-state index contributed by atoms with van der Waals surface area (Å²) in [5.74, 6) is -2.68. The van der Waals surface area contributed by atoms with Crippen molar-refractivity contribution in [1.82, 2.24) is 9.97 Å². The molecule has 0 spiro atoms. The molecular formula is C8H8F2N2O. The lowest BCUT2D eigenvalue weighted by Gasteiger charge is -2.00. The second-order valence-corrected chi connectivity index (χ2v) is 1.72. The minimum absolute atomic E-state index is 0.243. The number of halogens is 2. The zero-order valence-corrected chi connectivity index (χ0v) is 7.00. The van der Waals surface area contributed by atoms with Crippen molar-refractivity contribution in [3.05, 3.63) is 18.1 Å². The van der Waals surface area contributed by atoms with Crippen LogP contribution in [-0.2, 0) is 0 Å². The maximum absolute atomic E-state index is 12.6. The second kappa shape index (κ2) is 5.89. The van der Waals surface area contributed by atoms with Crippen LogP contribution in [0, 0.1) is 24.6 Å². The van der Waals surface area contributed by atoms with Crippen LogP contribution in [-0.4, -0.2) is 16.6 Å². The van der Waals surface area contributed by atoms with Crippen molar-refractivity contribution >= 4 is 0 Å². The van der Waals surface area contributed by atoms with Crippen LogP contribution in [0.25, 0.3) is 0 Å². The first-order valence-electron chi connectivity index (χ1n) is 3.37. The Morgan fingerprint density at radius 1 is 1.38 bits per heavy atom. The van der Waals surface area contributed by atoms with E-state index in [0.717, 1.165) is 6.33 Å². The highest BCUT2D eigenvalue weighted by Gasteiger charge is 2.10. The van der Waals surface area contributed by atoms with Gasteiger partial charge in [-0.25, -0.2) is 4.98 Å². The molecule has 0 aliphatic heterocycles. The molecule has 0 bridgehead atoms. The van der Waals surface area contributed by atoms with Crippen molar-refractivity contribution in [1.29, 1.82) is 0 Å². The molecule has 70 valence electrons. The van der Waals surface area contributed by atoms with Crippen LogP contribution in [0.1, 0.15) is 6.92 Å². The van der Waals surface area contributed by atoms with E-state index in [9.17, 15) is 8.78 Å². The van der Waals surface area contributed by atoms with Crippen LogP contribution in [0.2, 0.25) is 0 Å². The molecular weight excluding hydrogens is 178 g/mol. The van der Waals surface area contributed by atoms with E-state index in [4.69, 9.17) is 0 Å². The van der Waals surface area contributed by atoms with Crippen molar-refractivity contribution in [3.63, 3.8) is 0 Å². The molecule has 0 amide bonds. The molecule has 0 saturated heterocycles. The zero-order valence-electron chi connectivity index (χ0n) is 7.00. The van der Waals surface area contributed by atoms with Crippen LogP contribution in [0.5, 0.6) is 5.88 Å². The van der Waals surface area contributed by atoms with Crippen LogP contribution < -0.4 is 4.74 Å². The summed E-state index contributed by atoms with van der Waals surface area (Å²) >= 11 is 0. The van der Waals surface area contributed by atoms with Gasteiger partial charge in [0.05, 0.1) is 6.61 Å². The van der Waals surface area contributed by atoms with E-state index in [2.05, 4.69) is 27.6 Å². The predicted molar refractivity (Wildman–Crippen MR) is 43.0 cm³/mol. The van der Waals surface area contributed by atoms with Gasteiger partial charge in [0.2, 0.25) is 5.82 Å². The van der Waals surface area contributed by atoms with E-state index in [1.54, 1.807) is 6.92 Å². The summed E-state index contributed by atoms with van der Waals surface area (Å²) < 4.78 is 29.5. The summed E-state index contributed by atoms with van der Waals surface area (Å²) in [6, 6.07) is 0. The van der Waals surface area contributed by atoms with Gasteiger partial charge in [-0.1, -0.05) is 0 Å². The number of rotatable bonds is 2. The molecule has 0 aliphatic rings. The molecule has 0 N–H and O–H groups in total. The van der Waals surface area contributed by atoms with Gasteiger partial charge in [0.15, 0.2) is 0 Å². The molecule has 1 aromatic heterocycles. The lowest BCUT2D eigenvalue weighted by molar-refractivity contribution is 0.295. The Hall–Kier alpha value is -1.70. The lowest BCUT2D eigenvalue weighted by atomic mass is 10.6. The topological polar surface area (TPSA) is 35.0 Å². The Morgan fingerprint density at radius 3 is 2.54 bits per heavy atom. The first-order chi connectivity index (χ1) is 6.25. The molecule has 5 heteroatoms. The normalized spacial score (nSPS) is 8.38. The molecule has 3 nitrogen and oxygen atoms in total. The Kier molecular flexibility index (Phi) is 5.12. The molecule has 1 rings (SSSR count). The van der Waals surface area contributed by atoms with Gasteiger partial charge in [-0.3, -0.25) is 0 Å². The molecule has 1 aromatic rings. The fourth-order valence-electron chi connectivity index (χ4n) is 0.571. The van der Waals surface area contributed by atoms with Crippen molar-refractivity contribution < 1.29 is 13.5 Å². The maximum atomic E-state index is 12.6. The number of aromatic nitrogens is 2. The minimum Gasteiger partial charge on any atom is -0.476 e. The van der Waals surface area contributed by atoms with Gasteiger partial charge >= 0.3 is 0 Å². The average molecular weight is 186 g/mol. The Balaban J connectivity index is 0.000000671. The molecule has 1 heterocycles. The Morgan fingerprint density at radius 2 is 2.00 bits per heavy atom. The summed E-state index contributed by atoms with van der Waals surface area (Å²) in [5, 5.41) is 0. The quantitative estimate of drug-likeness (QED) is 0.517. The second-order valence-electron chi connectivity index (χ2n) is 1.72. The number of hydrogen-bond donors (Lipinski definition) is 0. The third-order valence-corrected chi connectivity index (χ3v) is 0.996. The molecule has 0 unspecified atom stereocenters. The van der Waals surface area contributed by atoms with E-state index in [-0.39, 0.29) is 12.5 Å². The van der Waals surface area contributed by atoms with Gasteiger partial charge < -0.3 is 4.74 Å². The highest BCUT2D eigenvalue weighted by molar-refractivity contribution is 5.09.